The van der Waals surface area contributed by atoms with E-state index < -0.39 is 5.91 Å². The number of carbonyl (C=O) groups is 1. The Labute approximate surface area is 104 Å². The van der Waals surface area contributed by atoms with Gasteiger partial charge in [0.25, 0.3) is 11.7 Å². The van der Waals surface area contributed by atoms with Gasteiger partial charge in [-0.2, -0.15) is 5.21 Å². The topological polar surface area (TPSA) is 83.6 Å². The maximum atomic E-state index is 11.6. The number of H-pyrrole nitrogens is 1. The van der Waals surface area contributed by atoms with Gasteiger partial charge in [0.05, 0.1) is 15.2 Å². The lowest BCUT2D eigenvalue weighted by Gasteiger charge is -2.05. The highest BCUT2D eigenvalue weighted by atomic mass is 79.9. The summed E-state index contributed by atoms with van der Waals surface area (Å²) in [6.07, 6.45) is 0. The molecule has 0 saturated heterocycles. The number of amides is 1. The van der Waals surface area contributed by atoms with E-state index in [1.165, 1.54) is 0 Å². The zero-order valence-corrected chi connectivity index (χ0v) is 10.1. The first kappa shape index (κ1) is 11.0. The smallest absolute Gasteiger partial charge is 0.297 e. The summed E-state index contributed by atoms with van der Waals surface area (Å²) in [4.78, 5) is 11.6. The van der Waals surface area contributed by atoms with E-state index in [1.807, 2.05) is 0 Å². The summed E-state index contributed by atoms with van der Waals surface area (Å²) in [6.45, 7) is 0. The minimum Gasteiger partial charge on any atom is -0.318 e. The molecule has 1 aromatic carbocycles. The van der Waals surface area contributed by atoms with Crippen LogP contribution in [0, 0.1) is 0 Å². The molecule has 0 spiro atoms. The normalized spacial score (nSPS) is 10.1. The molecule has 82 valence electrons. The van der Waals surface area contributed by atoms with Crippen molar-refractivity contribution in [1.29, 1.82) is 0 Å². The first-order valence-electron chi connectivity index (χ1n) is 4.17. The molecule has 0 atom stereocenters. The van der Waals surface area contributed by atoms with Crippen LogP contribution >= 0.6 is 27.5 Å². The second-order valence-corrected chi connectivity index (χ2v) is 3.99. The Morgan fingerprint density at radius 2 is 2.31 bits per heavy atom. The largest absolute Gasteiger partial charge is 0.318 e. The summed E-state index contributed by atoms with van der Waals surface area (Å²) < 4.78 is 0.605. The number of halogens is 2. The molecule has 16 heavy (non-hydrogen) atoms. The van der Waals surface area contributed by atoms with Crippen molar-refractivity contribution in [2.75, 3.05) is 5.32 Å². The fourth-order valence-electron chi connectivity index (χ4n) is 1.04. The molecule has 0 aliphatic rings. The predicted octanol–water partition coefficient (Wildman–Crippen LogP) is 1.87. The van der Waals surface area contributed by atoms with Crippen LogP contribution in [0.15, 0.2) is 22.7 Å². The molecular weight excluding hydrogens is 297 g/mol. The lowest BCUT2D eigenvalue weighted by Crippen LogP contribution is -2.14. The van der Waals surface area contributed by atoms with Gasteiger partial charge in [0.1, 0.15) is 0 Å². The van der Waals surface area contributed by atoms with Crippen LogP contribution in [-0.4, -0.2) is 26.5 Å². The zero-order chi connectivity index (χ0) is 11.5. The van der Waals surface area contributed by atoms with Crippen molar-refractivity contribution in [2.24, 2.45) is 0 Å². The van der Waals surface area contributed by atoms with Gasteiger partial charge in [0.15, 0.2) is 0 Å². The third-order valence-electron chi connectivity index (χ3n) is 1.75. The van der Waals surface area contributed by atoms with Gasteiger partial charge >= 0.3 is 0 Å². The fraction of sp³-hybridized carbons (Fsp3) is 0. The van der Waals surface area contributed by atoms with E-state index >= 15 is 0 Å². The van der Waals surface area contributed by atoms with Crippen LogP contribution < -0.4 is 5.32 Å². The standard InChI is InChI=1S/C8H5BrClN5O/c9-6-4(10)2-1-3-5(6)11-8(16)7-12-14-15-13-7/h1-3H,(H,11,16)(H,12,13,14,15). The lowest BCUT2D eigenvalue weighted by atomic mass is 10.3. The summed E-state index contributed by atoms with van der Waals surface area (Å²) in [5.41, 5.74) is 0.544. The van der Waals surface area contributed by atoms with Crippen molar-refractivity contribution >= 4 is 39.1 Å². The Morgan fingerprint density at radius 1 is 1.50 bits per heavy atom. The Hall–Kier alpha value is -1.47. The van der Waals surface area contributed by atoms with E-state index in [0.29, 0.717) is 15.2 Å². The molecule has 1 aromatic heterocycles. The third kappa shape index (κ3) is 2.20. The number of nitrogens with zero attached hydrogens (tertiary/aromatic N) is 3. The average Bonchev–Trinajstić information content (AvgIpc) is 2.78. The molecule has 0 bridgehead atoms. The quantitative estimate of drug-likeness (QED) is 0.887. The number of aromatic nitrogens is 4. The molecule has 2 aromatic rings. The summed E-state index contributed by atoms with van der Waals surface area (Å²) in [5, 5.41) is 15.7. The van der Waals surface area contributed by atoms with Gasteiger partial charge in [-0.1, -0.05) is 17.7 Å². The van der Waals surface area contributed by atoms with Gasteiger partial charge in [-0.05, 0) is 33.3 Å². The summed E-state index contributed by atoms with van der Waals surface area (Å²) >= 11 is 9.14. The predicted molar refractivity (Wildman–Crippen MR) is 61.3 cm³/mol. The highest BCUT2D eigenvalue weighted by molar-refractivity contribution is 9.10. The molecule has 0 radical (unpaired) electrons. The first-order valence-corrected chi connectivity index (χ1v) is 5.34. The van der Waals surface area contributed by atoms with E-state index in [1.54, 1.807) is 18.2 Å². The second kappa shape index (κ2) is 4.58. The highest BCUT2D eigenvalue weighted by Gasteiger charge is 2.13. The first-order chi connectivity index (χ1) is 7.68. The SMILES string of the molecule is O=C(Nc1cccc(Cl)c1Br)c1nn[nH]n1. The second-order valence-electron chi connectivity index (χ2n) is 2.79. The molecule has 0 fully saturated rings. The number of aromatic amines is 1. The average molecular weight is 303 g/mol. The molecule has 8 heteroatoms. The zero-order valence-electron chi connectivity index (χ0n) is 7.74. The molecule has 0 aliphatic carbocycles. The molecule has 0 saturated carbocycles. The van der Waals surface area contributed by atoms with E-state index in [9.17, 15) is 4.79 Å². The monoisotopic (exact) mass is 301 g/mol. The lowest BCUT2D eigenvalue weighted by molar-refractivity contribution is 0.101. The Kier molecular flexibility index (Phi) is 3.16. The minimum atomic E-state index is -0.461. The van der Waals surface area contributed by atoms with E-state index in [0.717, 1.165) is 0 Å². The van der Waals surface area contributed by atoms with Gasteiger partial charge in [-0.15, -0.1) is 10.2 Å². The number of hydrogen-bond acceptors (Lipinski definition) is 4. The molecule has 1 heterocycles. The number of rotatable bonds is 2. The third-order valence-corrected chi connectivity index (χ3v) is 3.15. The summed E-state index contributed by atoms with van der Waals surface area (Å²) in [7, 11) is 0. The number of hydrogen-bond donors (Lipinski definition) is 2. The van der Waals surface area contributed by atoms with Crippen LogP contribution in [0.25, 0.3) is 0 Å². The van der Waals surface area contributed by atoms with E-state index in [2.05, 4.69) is 41.9 Å². The van der Waals surface area contributed by atoms with Crippen molar-refractivity contribution in [3.05, 3.63) is 33.5 Å². The van der Waals surface area contributed by atoms with Crippen LogP contribution in [0.2, 0.25) is 5.02 Å². The van der Waals surface area contributed by atoms with Crippen LogP contribution in [0.4, 0.5) is 5.69 Å². The van der Waals surface area contributed by atoms with Crippen LogP contribution in [0.3, 0.4) is 0 Å². The van der Waals surface area contributed by atoms with Crippen molar-refractivity contribution in [1.82, 2.24) is 20.6 Å². The Morgan fingerprint density at radius 3 is 3.00 bits per heavy atom. The number of carbonyl (C=O) groups excluding carboxylic acids is 1. The summed E-state index contributed by atoms with van der Waals surface area (Å²) in [6, 6.07) is 5.13. The molecule has 0 aliphatic heterocycles. The highest BCUT2D eigenvalue weighted by Crippen LogP contribution is 2.30. The minimum absolute atomic E-state index is 0.0353. The van der Waals surface area contributed by atoms with E-state index in [-0.39, 0.29) is 5.82 Å². The maximum Gasteiger partial charge on any atom is 0.297 e. The fourth-order valence-corrected chi connectivity index (χ4v) is 1.57. The number of benzene rings is 1. The van der Waals surface area contributed by atoms with Crippen molar-refractivity contribution in [3.8, 4) is 0 Å². The van der Waals surface area contributed by atoms with Crippen molar-refractivity contribution in [3.63, 3.8) is 0 Å². The van der Waals surface area contributed by atoms with Crippen LogP contribution in [0.1, 0.15) is 10.6 Å². The number of nitrogens with one attached hydrogen (secondary N) is 2. The number of anilines is 1. The number of tetrazole rings is 1. The van der Waals surface area contributed by atoms with Crippen LogP contribution in [0.5, 0.6) is 0 Å². The molecule has 2 rings (SSSR count). The van der Waals surface area contributed by atoms with Gasteiger partial charge in [0, 0.05) is 0 Å². The van der Waals surface area contributed by atoms with E-state index in [4.69, 9.17) is 11.6 Å². The molecule has 0 unspecified atom stereocenters. The molecule has 2 N–H and O–H groups in total. The molecular formula is C8H5BrClN5O. The molecule has 6 nitrogen and oxygen atoms in total. The van der Waals surface area contributed by atoms with Gasteiger partial charge < -0.3 is 5.32 Å². The summed E-state index contributed by atoms with van der Waals surface area (Å²) in [5.74, 6) is -0.497. The Balaban J connectivity index is 2.22. The van der Waals surface area contributed by atoms with Crippen molar-refractivity contribution in [2.45, 2.75) is 0 Å². The maximum absolute atomic E-state index is 11.6. The van der Waals surface area contributed by atoms with Crippen LogP contribution in [-0.2, 0) is 0 Å². The van der Waals surface area contributed by atoms with Gasteiger partial charge in [0.2, 0.25) is 0 Å². The van der Waals surface area contributed by atoms with Gasteiger partial charge in [-0.25, -0.2) is 0 Å². The Bertz CT molecular complexity index is 515. The van der Waals surface area contributed by atoms with Gasteiger partial charge in [-0.3, -0.25) is 4.79 Å². The molecule has 1 amide bonds. The van der Waals surface area contributed by atoms with Crippen molar-refractivity contribution < 1.29 is 4.79 Å².